The molecular formula is C26H23N9O. The zero-order chi connectivity index (χ0) is 24.4. The minimum Gasteiger partial charge on any atom is -0.348 e. The molecule has 0 fully saturated rings. The van der Waals surface area contributed by atoms with Crippen LogP contribution in [0.25, 0.3) is 22.2 Å². The predicted molar refractivity (Wildman–Crippen MR) is 132 cm³/mol. The van der Waals surface area contributed by atoms with Gasteiger partial charge in [0.2, 0.25) is 0 Å². The van der Waals surface area contributed by atoms with Crippen molar-refractivity contribution in [2.75, 3.05) is 6.54 Å². The molecule has 10 heteroatoms. The summed E-state index contributed by atoms with van der Waals surface area (Å²) in [6.45, 7) is 2.61. The number of fused-ring (bicyclic) bond motifs is 3. The lowest BCUT2D eigenvalue weighted by molar-refractivity contribution is 0.0689. The number of carbonyl (C=O) groups excluding carboxylic acids is 1. The summed E-state index contributed by atoms with van der Waals surface area (Å²) in [5, 5.41) is 13.6. The number of pyridine rings is 2. The van der Waals surface area contributed by atoms with Crippen LogP contribution in [-0.4, -0.2) is 56.3 Å². The van der Waals surface area contributed by atoms with Crippen LogP contribution in [0, 0.1) is 6.92 Å². The highest BCUT2D eigenvalue weighted by Gasteiger charge is 2.37. The molecule has 0 saturated carbocycles. The number of imidazole rings is 1. The molecule has 0 radical (unpaired) electrons. The molecule has 0 saturated heterocycles. The number of hydrogen-bond acceptors (Lipinski definition) is 5. The molecular weight excluding hydrogens is 454 g/mol. The topological polar surface area (TPSA) is 101 Å². The van der Waals surface area contributed by atoms with Gasteiger partial charge in [-0.3, -0.25) is 9.48 Å². The van der Waals surface area contributed by atoms with Gasteiger partial charge in [0.1, 0.15) is 6.04 Å². The maximum Gasteiger partial charge on any atom is 0.258 e. The largest absolute Gasteiger partial charge is 0.348 e. The van der Waals surface area contributed by atoms with Gasteiger partial charge in [0.05, 0.1) is 46.7 Å². The Hall–Kier alpha value is -4.73. The molecule has 0 unspecified atom stereocenters. The first-order chi connectivity index (χ1) is 17.6. The summed E-state index contributed by atoms with van der Waals surface area (Å²) in [6, 6.07) is 9.63. The van der Waals surface area contributed by atoms with E-state index in [1.165, 1.54) is 0 Å². The highest BCUT2D eigenvalue weighted by atomic mass is 16.2. The molecule has 6 aromatic rings. The lowest BCUT2D eigenvalue weighted by atomic mass is 9.98. The van der Waals surface area contributed by atoms with Crippen molar-refractivity contribution in [2.24, 2.45) is 7.05 Å². The number of nitrogens with zero attached hydrogens (tertiary/aromatic N) is 8. The van der Waals surface area contributed by atoms with Crippen LogP contribution in [0.2, 0.25) is 0 Å². The van der Waals surface area contributed by atoms with Gasteiger partial charge >= 0.3 is 0 Å². The SMILES string of the molecule is Cc1cccn2nc([C@@H]3c4nc[nH]c4CCN3C(=O)c3cnn4cc(-c5cnn(C)c5)ccc34)cc12. The molecule has 0 spiro atoms. The molecule has 1 amide bonds. The first-order valence-corrected chi connectivity index (χ1v) is 11.8. The third kappa shape index (κ3) is 3.07. The summed E-state index contributed by atoms with van der Waals surface area (Å²) in [7, 11) is 1.89. The summed E-state index contributed by atoms with van der Waals surface area (Å²) in [5.74, 6) is -0.0912. The van der Waals surface area contributed by atoms with E-state index in [-0.39, 0.29) is 5.91 Å². The fraction of sp³-hybridized carbons (Fsp3) is 0.192. The van der Waals surface area contributed by atoms with Crippen molar-refractivity contribution < 1.29 is 4.79 Å². The molecule has 1 aliphatic heterocycles. The second kappa shape index (κ2) is 7.64. The smallest absolute Gasteiger partial charge is 0.258 e. The molecule has 36 heavy (non-hydrogen) atoms. The Balaban J connectivity index is 1.31. The molecule has 178 valence electrons. The highest BCUT2D eigenvalue weighted by molar-refractivity contribution is 6.01. The first kappa shape index (κ1) is 20.6. The van der Waals surface area contributed by atoms with Gasteiger partial charge in [-0.2, -0.15) is 15.3 Å². The van der Waals surface area contributed by atoms with E-state index in [0.29, 0.717) is 18.5 Å². The number of amides is 1. The average Bonchev–Trinajstić information content (AvgIpc) is 3.68. The summed E-state index contributed by atoms with van der Waals surface area (Å²) < 4.78 is 5.38. The fourth-order valence-electron chi connectivity index (χ4n) is 5.15. The summed E-state index contributed by atoms with van der Waals surface area (Å²) in [4.78, 5) is 23.7. The van der Waals surface area contributed by atoms with Crippen molar-refractivity contribution >= 4 is 16.9 Å². The summed E-state index contributed by atoms with van der Waals surface area (Å²) >= 11 is 0. The van der Waals surface area contributed by atoms with E-state index >= 15 is 0 Å². The highest BCUT2D eigenvalue weighted by Crippen LogP contribution is 2.35. The number of H-pyrrole nitrogens is 1. The van der Waals surface area contributed by atoms with E-state index in [0.717, 1.165) is 44.8 Å². The van der Waals surface area contributed by atoms with Crippen molar-refractivity contribution in [2.45, 2.75) is 19.4 Å². The van der Waals surface area contributed by atoms with Crippen molar-refractivity contribution in [3.8, 4) is 11.1 Å². The van der Waals surface area contributed by atoms with Gasteiger partial charge in [0, 0.05) is 55.4 Å². The Labute approximate surface area is 205 Å². The van der Waals surface area contributed by atoms with Crippen LogP contribution >= 0.6 is 0 Å². The number of rotatable bonds is 3. The molecule has 6 aromatic heterocycles. The van der Waals surface area contributed by atoms with Crippen molar-refractivity contribution in [3.63, 3.8) is 0 Å². The number of aryl methyl sites for hydroxylation is 2. The van der Waals surface area contributed by atoms with Crippen LogP contribution in [0.5, 0.6) is 0 Å². The molecule has 0 bridgehead atoms. The third-order valence-corrected chi connectivity index (χ3v) is 6.98. The van der Waals surface area contributed by atoms with Crippen molar-refractivity contribution in [3.05, 3.63) is 95.9 Å². The molecule has 0 aliphatic carbocycles. The van der Waals surface area contributed by atoms with Crippen molar-refractivity contribution in [1.29, 1.82) is 0 Å². The lowest BCUT2D eigenvalue weighted by Crippen LogP contribution is -2.41. The monoisotopic (exact) mass is 477 g/mol. The number of aromatic amines is 1. The predicted octanol–water partition coefficient (Wildman–Crippen LogP) is 3.20. The van der Waals surface area contributed by atoms with Crippen LogP contribution in [0.15, 0.2) is 67.6 Å². The molecule has 1 N–H and O–H groups in total. The van der Waals surface area contributed by atoms with Gasteiger partial charge in [0.15, 0.2) is 0 Å². The minimum absolute atomic E-state index is 0.0912. The number of aromatic nitrogens is 8. The van der Waals surface area contributed by atoms with E-state index < -0.39 is 6.04 Å². The number of hydrogen-bond donors (Lipinski definition) is 1. The second-order valence-corrected chi connectivity index (χ2v) is 9.22. The van der Waals surface area contributed by atoms with E-state index in [1.54, 1.807) is 21.7 Å². The minimum atomic E-state index is -0.392. The van der Waals surface area contributed by atoms with Gasteiger partial charge in [-0.1, -0.05) is 12.1 Å². The van der Waals surface area contributed by atoms with Gasteiger partial charge < -0.3 is 9.88 Å². The molecule has 7 rings (SSSR count). The summed E-state index contributed by atoms with van der Waals surface area (Å²) in [5.41, 5.74) is 8.09. The Kier molecular flexibility index (Phi) is 4.38. The summed E-state index contributed by atoms with van der Waals surface area (Å²) in [6.07, 6.45) is 11.7. The lowest BCUT2D eigenvalue weighted by Gasteiger charge is -2.33. The standard InChI is InChI=1S/C26H23N9O/c1-16-4-3-8-34-23(16)10-21(31-34)25-24-20(27-15-28-24)7-9-33(25)26(36)19-12-30-35-14-17(5-6-22(19)35)18-11-29-32(2)13-18/h3-6,8,10-15,25H,7,9H2,1-2H3,(H,27,28)/t25-/m1/s1. The first-order valence-electron chi connectivity index (χ1n) is 11.8. The quantitative estimate of drug-likeness (QED) is 0.422. The average molecular weight is 478 g/mol. The maximum atomic E-state index is 14.0. The van der Waals surface area contributed by atoms with Crippen LogP contribution in [0.3, 0.4) is 0 Å². The maximum absolute atomic E-state index is 14.0. The van der Waals surface area contributed by atoms with Crippen LogP contribution in [0.4, 0.5) is 0 Å². The molecule has 0 aromatic carbocycles. The Bertz CT molecular complexity index is 1770. The zero-order valence-corrected chi connectivity index (χ0v) is 19.8. The van der Waals surface area contributed by atoms with Gasteiger partial charge in [-0.15, -0.1) is 0 Å². The Morgan fingerprint density at radius 2 is 1.97 bits per heavy atom. The second-order valence-electron chi connectivity index (χ2n) is 9.22. The molecule has 1 atom stereocenters. The van der Waals surface area contributed by atoms with Gasteiger partial charge in [-0.05, 0) is 30.7 Å². The fourth-order valence-corrected chi connectivity index (χ4v) is 5.15. The Morgan fingerprint density at radius 3 is 2.81 bits per heavy atom. The molecule has 10 nitrogen and oxygen atoms in total. The third-order valence-electron chi connectivity index (χ3n) is 6.98. The van der Waals surface area contributed by atoms with Crippen LogP contribution in [-0.2, 0) is 13.5 Å². The normalized spacial score (nSPS) is 15.6. The molecule has 1 aliphatic rings. The van der Waals surface area contributed by atoms with Gasteiger partial charge in [-0.25, -0.2) is 14.0 Å². The zero-order valence-electron chi connectivity index (χ0n) is 19.8. The van der Waals surface area contributed by atoms with Crippen molar-refractivity contribution in [1.82, 2.24) is 43.9 Å². The molecule has 7 heterocycles. The Morgan fingerprint density at radius 1 is 1.06 bits per heavy atom. The van der Waals surface area contributed by atoms with E-state index in [9.17, 15) is 4.79 Å². The van der Waals surface area contributed by atoms with E-state index in [4.69, 9.17) is 5.10 Å². The number of nitrogens with one attached hydrogen (secondary N) is 1. The van der Waals surface area contributed by atoms with Crippen LogP contribution in [0.1, 0.15) is 39.0 Å². The number of carbonyl (C=O) groups is 1. The van der Waals surface area contributed by atoms with Crippen LogP contribution < -0.4 is 0 Å². The van der Waals surface area contributed by atoms with E-state index in [2.05, 4.69) is 39.2 Å². The van der Waals surface area contributed by atoms with Gasteiger partial charge in [0.25, 0.3) is 5.91 Å². The van der Waals surface area contributed by atoms with E-state index in [1.807, 2.05) is 59.4 Å².